The summed E-state index contributed by atoms with van der Waals surface area (Å²) in [5.74, 6) is 0.271. The number of fused-ring (bicyclic) bond motifs is 1. The fraction of sp³-hybridized carbons (Fsp3) is 0.500. The number of thiocarbonyl (C=S) groups is 1. The molecule has 0 bridgehead atoms. The number of amides is 1. The number of carbonyl (C=O) groups excluding carboxylic acids is 1. The molecule has 0 fully saturated rings. The molecule has 0 radical (unpaired) electrons. The summed E-state index contributed by atoms with van der Waals surface area (Å²) in [6, 6.07) is 6.49. The van der Waals surface area contributed by atoms with E-state index in [9.17, 15) is 4.79 Å². The van der Waals surface area contributed by atoms with Crippen LogP contribution in [0.5, 0.6) is 0 Å². The van der Waals surface area contributed by atoms with Crippen molar-refractivity contribution in [3.05, 3.63) is 29.3 Å². The zero-order chi connectivity index (χ0) is 16.2. The van der Waals surface area contributed by atoms with E-state index in [-0.39, 0.29) is 11.4 Å². The maximum atomic E-state index is 11.8. The van der Waals surface area contributed by atoms with E-state index < -0.39 is 0 Å². The zero-order valence-electron chi connectivity index (χ0n) is 13.3. The molecule has 0 saturated heterocycles. The number of rotatable bonds is 3. The van der Waals surface area contributed by atoms with Crippen LogP contribution in [0.25, 0.3) is 0 Å². The number of hydrogen-bond donors (Lipinski definition) is 3. The third-order valence-electron chi connectivity index (χ3n) is 3.24. The first-order valence-electron chi connectivity index (χ1n) is 7.45. The lowest BCUT2D eigenvalue weighted by Gasteiger charge is -2.23. The highest BCUT2D eigenvalue weighted by atomic mass is 32.2. The van der Waals surface area contributed by atoms with E-state index in [2.05, 4.69) is 34.4 Å². The highest BCUT2D eigenvalue weighted by Crippen LogP contribution is 2.27. The molecule has 0 aromatic heterocycles. The van der Waals surface area contributed by atoms with Crippen molar-refractivity contribution < 1.29 is 4.79 Å². The van der Waals surface area contributed by atoms with E-state index in [0.717, 1.165) is 11.3 Å². The standard InChI is InChI=1S/C16H23N3OS2/c1-16(2,3)17-15(21)19-18-14(20)10-22-13-8-7-11-5-4-6-12(11)9-13/h7-9H,4-6,10H2,1-3H3,(H,18,20)(H2,17,19,21). The van der Waals surface area contributed by atoms with Gasteiger partial charge in [0.2, 0.25) is 5.91 Å². The van der Waals surface area contributed by atoms with Gasteiger partial charge >= 0.3 is 0 Å². The second-order valence-corrected chi connectivity index (χ2v) is 7.91. The van der Waals surface area contributed by atoms with Gasteiger partial charge in [0.05, 0.1) is 5.75 Å². The van der Waals surface area contributed by atoms with Gasteiger partial charge in [-0.2, -0.15) is 0 Å². The highest BCUT2D eigenvalue weighted by Gasteiger charge is 2.13. The summed E-state index contributed by atoms with van der Waals surface area (Å²) in [6.45, 7) is 6.02. The molecule has 0 unspecified atom stereocenters. The van der Waals surface area contributed by atoms with E-state index in [0.29, 0.717) is 10.9 Å². The second-order valence-electron chi connectivity index (χ2n) is 6.45. The van der Waals surface area contributed by atoms with Crippen LogP contribution in [-0.2, 0) is 17.6 Å². The van der Waals surface area contributed by atoms with Crippen LogP contribution in [0, 0.1) is 0 Å². The van der Waals surface area contributed by atoms with Gasteiger partial charge in [-0.25, -0.2) is 0 Å². The second kappa shape index (κ2) is 7.33. The zero-order valence-corrected chi connectivity index (χ0v) is 14.9. The molecule has 120 valence electrons. The Morgan fingerprint density at radius 2 is 1.95 bits per heavy atom. The molecule has 1 aromatic carbocycles. The summed E-state index contributed by atoms with van der Waals surface area (Å²) in [6.07, 6.45) is 3.58. The summed E-state index contributed by atoms with van der Waals surface area (Å²) in [5.41, 5.74) is 8.09. The smallest absolute Gasteiger partial charge is 0.248 e. The third-order valence-corrected chi connectivity index (χ3v) is 4.44. The van der Waals surface area contributed by atoms with Crippen molar-refractivity contribution >= 4 is 35.0 Å². The van der Waals surface area contributed by atoms with E-state index >= 15 is 0 Å². The minimum atomic E-state index is -0.131. The molecular formula is C16H23N3OS2. The molecule has 0 heterocycles. The monoisotopic (exact) mass is 337 g/mol. The maximum Gasteiger partial charge on any atom is 0.248 e. The summed E-state index contributed by atoms with van der Waals surface area (Å²) >= 11 is 6.65. The lowest BCUT2D eigenvalue weighted by atomic mass is 10.1. The summed E-state index contributed by atoms with van der Waals surface area (Å²) in [5, 5.41) is 3.50. The first-order chi connectivity index (χ1) is 10.3. The Bertz CT molecular complexity index is 567. The van der Waals surface area contributed by atoms with Gasteiger partial charge in [-0.15, -0.1) is 11.8 Å². The predicted octanol–water partition coefficient (Wildman–Crippen LogP) is 2.56. The molecule has 3 N–H and O–H groups in total. The van der Waals surface area contributed by atoms with Gasteiger partial charge < -0.3 is 5.32 Å². The van der Waals surface area contributed by atoms with Gasteiger partial charge in [0, 0.05) is 10.4 Å². The van der Waals surface area contributed by atoms with Crippen molar-refractivity contribution in [2.45, 2.75) is 50.5 Å². The van der Waals surface area contributed by atoms with Gasteiger partial charge in [0.15, 0.2) is 5.11 Å². The summed E-state index contributed by atoms with van der Waals surface area (Å²) in [4.78, 5) is 13.0. The Morgan fingerprint density at radius 1 is 1.23 bits per heavy atom. The first-order valence-corrected chi connectivity index (χ1v) is 8.84. The van der Waals surface area contributed by atoms with Crippen LogP contribution < -0.4 is 16.2 Å². The molecule has 0 saturated carbocycles. The van der Waals surface area contributed by atoms with Crippen LogP contribution in [0.1, 0.15) is 38.3 Å². The van der Waals surface area contributed by atoms with Crippen LogP contribution >= 0.6 is 24.0 Å². The maximum absolute atomic E-state index is 11.8. The quantitative estimate of drug-likeness (QED) is 0.450. The van der Waals surface area contributed by atoms with Crippen molar-refractivity contribution in [3.63, 3.8) is 0 Å². The molecule has 1 amide bonds. The van der Waals surface area contributed by atoms with Crippen LogP contribution in [0.4, 0.5) is 0 Å². The fourth-order valence-electron chi connectivity index (χ4n) is 2.32. The van der Waals surface area contributed by atoms with Crippen molar-refractivity contribution in [3.8, 4) is 0 Å². The molecule has 2 rings (SSSR count). The first kappa shape index (κ1) is 17.1. The van der Waals surface area contributed by atoms with Gasteiger partial charge in [0.1, 0.15) is 0 Å². The van der Waals surface area contributed by atoms with Crippen LogP contribution in [0.2, 0.25) is 0 Å². The number of aryl methyl sites for hydroxylation is 2. The molecule has 0 aliphatic heterocycles. The van der Waals surface area contributed by atoms with Crippen molar-refractivity contribution in [1.29, 1.82) is 0 Å². The average molecular weight is 338 g/mol. The minimum Gasteiger partial charge on any atom is -0.357 e. The summed E-state index contributed by atoms with van der Waals surface area (Å²) in [7, 11) is 0. The molecular weight excluding hydrogens is 314 g/mol. The molecule has 22 heavy (non-hydrogen) atoms. The number of benzene rings is 1. The molecule has 1 aromatic rings. The Hall–Kier alpha value is -1.27. The highest BCUT2D eigenvalue weighted by molar-refractivity contribution is 8.00. The van der Waals surface area contributed by atoms with Crippen LogP contribution in [-0.4, -0.2) is 22.3 Å². The average Bonchev–Trinajstić information content (AvgIpc) is 2.88. The van der Waals surface area contributed by atoms with Gasteiger partial charge in [-0.3, -0.25) is 15.6 Å². The fourth-order valence-corrected chi connectivity index (χ4v) is 3.44. The number of nitrogens with one attached hydrogen (secondary N) is 3. The number of thioether (sulfide) groups is 1. The van der Waals surface area contributed by atoms with E-state index in [1.807, 2.05) is 20.8 Å². The number of hydrazine groups is 1. The third kappa shape index (κ3) is 5.50. The molecule has 1 aliphatic rings. The van der Waals surface area contributed by atoms with Gasteiger partial charge in [-0.1, -0.05) is 6.07 Å². The molecule has 4 nitrogen and oxygen atoms in total. The Morgan fingerprint density at radius 3 is 2.68 bits per heavy atom. The number of carbonyl (C=O) groups is 1. The Labute approximate surface area is 141 Å². The van der Waals surface area contributed by atoms with Crippen molar-refractivity contribution in [2.24, 2.45) is 0 Å². The number of hydrogen-bond acceptors (Lipinski definition) is 3. The van der Waals surface area contributed by atoms with Crippen LogP contribution in [0.15, 0.2) is 23.1 Å². The predicted molar refractivity (Wildman–Crippen MR) is 96.0 cm³/mol. The van der Waals surface area contributed by atoms with Gasteiger partial charge in [0.25, 0.3) is 0 Å². The minimum absolute atomic E-state index is 0.0939. The normalized spacial score (nSPS) is 13.4. The molecule has 0 spiro atoms. The Balaban J connectivity index is 1.73. The Kier molecular flexibility index (Phi) is 5.69. The van der Waals surface area contributed by atoms with Crippen LogP contribution in [0.3, 0.4) is 0 Å². The lowest BCUT2D eigenvalue weighted by Crippen LogP contribution is -2.52. The van der Waals surface area contributed by atoms with E-state index in [4.69, 9.17) is 12.2 Å². The molecule has 0 atom stereocenters. The summed E-state index contributed by atoms with van der Waals surface area (Å²) < 4.78 is 0. The van der Waals surface area contributed by atoms with E-state index in [1.54, 1.807) is 11.8 Å². The lowest BCUT2D eigenvalue weighted by molar-refractivity contribution is -0.119. The topological polar surface area (TPSA) is 53.2 Å². The largest absolute Gasteiger partial charge is 0.357 e. The SMILES string of the molecule is CC(C)(C)NC(=S)NNC(=O)CSc1ccc2c(c1)CCC2. The molecule has 1 aliphatic carbocycles. The van der Waals surface area contributed by atoms with Crippen molar-refractivity contribution in [1.82, 2.24) is 16.2 Å². The van der Waals surface area contributed by atoms with Crippen molar-refractivity contribution in [2.75, 3.05) is 5.75 Å². The van der Waals surface area contributed by atoms with E-state index in [1.165, 1.54) is 24.0 Å². The molecule has 6 heteroatoms. The van der Waals surface area contributed by atoms with Gasteiger partial charge in [-0.05, 0) is 75.5 Å².